The Morgan fingerprint density at radius 1 is 1.07 bits per heavy atom. The zero-order valence-electron chi connectivity index (χ0n) is 8.74. The highest BCUT2D eigenvalue weighted by atomic mass is 19.4. The minimum absolute atomic E-state index is 0.0481. The summed E-state index contributed by atoms with van der Waals surface area (Å²) in [6, 6.07) is 0. The lowest BCUT2D eigenvalue weighted by Gasteiger charge is -2.27. The highest BCUT2D eigenvalue weighted by Crippen LogP contribution is 2.26. The SMILES string of the molecule is OC1(CNCC(F)(F)F)CCCCCC1. The highest BCUT2D eigenvalue weighted by molar-refractivity contribution is 4.83. The van der Waals surface area contributed by atoms with Gasteiger partial charge in [0.05, 0.1) is 12.1 Å². The molecule has 1 aliphatic rings. The summed E-state index contributed by atoms with van der Waals surface area (Å²) >= 11 is 0. The highest BCUT2D eigenvalue weighted by Gasteiger charge is 2.31. The van der Waals surface area contributed by atoms with Crippen molar-refractivity contribution in [2.24, 2.45) is 0 Å². The van der Waals surface area contributed by atoms with Crippen LogP contribution in [0.2, 0.25) is 0 Å². The van der Waals surface area contributed by atoms with Gasteiger partial charge in [-0.1, -0.05) is 25.7 Å². The zero-order valence-corrected chi connectivity index (χ0v) is 8.74. The van der Waals surface area contributed by atoms with Gasteiger partial charge in [-0.2, -0.15) is 13.2 Å². The van der Waals surface area contributed by atoms with Gasteiger partial charge < -0.3 is 10.4 Å². The quantitative estimate of drug-likeness (QED) is 0.722. The lowest BCUT2D eigenvalue weighted by molar-refractivity contribution is -0.127. The molecule has 5 heteroatoms. The molecule has 2 nitrogen and oxygen atoms in total. The Morgan fingerprint density at radius 3 is 2.07 bits per heavy atom. The molecule has 1 saturated carbocycles. The van der Waals surface area contributed by atoms with Crippen LogP contribution in [-0.4, -0.2) is 30.0 Å². The van der Waals surface area contributed by atoms with Crippen molar-refractivity contribution in [3.05, 3.63) is 0 Å². The summed E-state index contributed by atoms with van der Waals surface area (Å²) in [7, 11) is 0. The molecule has 0 unspecified atom stereocenters. The average molecular weight is 225 g/mol. The van der Waals surface area contributed by atoms with Crippen molar-refractivity contribution in [2.45, 2.75) is 50.3 Å². The fraction of sp³-hybridized carbons (Fsp3) is 1.00. The first-order chi connectivity index (χ1) is 6.91. The van der Waals surface area contributed by atoms with Gasteiger partial charge in [0, 0.05) is 6.54 Å². The second-order valence-electron chi connectivity index (χ2n) is 4.36. The summed E-state index contributed by atoms with van der Waals surface area (Å²) in [5, 5.41) is 12.3. The Morgan fingerprint density at radius 2 is 1.60 bits per heavy atom. The Balaban J connectivity index is 2.28. The largest absolute Gasteiger partial charge is 0.401 e. The molecule has 0 spiro atoms. The molecule has 1 fully saturated rings. The smallest absolute Gasteiger partial charge is 0.389 e. The van der Waals surface area contributed by atoms with Crippen LogP contribution < -0.4 is 5.32 Å². The van der Waals surface area contributed by atoms with Crippen LogP contribution in [0.3, 0.4) is 0 Å². The monoisotopic (exact) mass is 225 g/mol. The van der Waals surface area contributed by atoms with Crippen molar-refractivity contribution >= 4 is 0 Å². The summed E-state index contributed by atoms with van der Waals surface area (Å²) < 4.78 is 35.6. The van der Waals surface area contributed by atoms with Crippen LogP contribution in [0.5, 0.6) is 0 Å². The molecule has 0 heterocycles. The third kappa shape index (κ3) is 5.37. The van der Waals surface area contributed by atoms with Crippen molar-refractivity contribution in [3.8, 4) is 0 Å². The van der Waals surface area contributed by atoms with Gasteiger partial charge in [0.1, 0.15) is 0 Å². The van der Waals surface area contributed by atoms with E-state index in [0.717, 1.165) is 25.7 Å². The second-order valence-corrected chi connectivity index (χ2v) is 4.36. The minimum atomic E-state index is -4.19. The van der Waals surface area contributed by atoms with Crippen molar-refractivity contribution in [2.75, 3.05) is 13.1 Å². The maximum atomic E-state index is 11.9. The van der Waals surface area contributed by atoms with Gasteiger partial charge in [-0.3, -0.25) is 0 Å². The van der Waals surface area contributed by atoms with Gasteiger partial charge in [0.25, 0.3) is 0 Å². The van der Waals surface area contributed by atoms with E-state index in [1.807, 2.05) is 0 Å². The zero-order chi connectivity index (χ0) is 11.4. The number of aliphatic hydroxyl groups is 1. The van der Waals surface area contributed by atoms with Crippen LogP contribution in [0.4, 0.5) is 13.2 Å². The fourth-order valence-electron chi connectivity index (χ4n) is 2.00. The maximum Gasteiger partial charge on any atom is 0.401 e. The molecule has 0 radical (unpaired) electrons. The van der Waals surface area contributed by atoms with E-state index in [1.165, 1.54) is 0 Å². The maximum absolute atomic E-state index is 11.9. The molecular formula is C10H18F3NO. The number of rotatable bonds is 3. The molecular weight excluding hydrogens is 207 g/mol. The van der Waals surface area contributed by atoms with Gasteiger partial charge in [0.2, 0.25) is 0 Å². The predicted molar refractivity (Wildman–Crippen MR) is 51.6 cm³/mol. The molecule has 1 rings (SSSR count). The number of nitrogens with one attached hydrogen (secondary N) is 1. The summed E-state index contributed by atoms with van der Waals surface area (Å²) in [6.45, 7) is -0.970. The van der Waals surface area contributed by atoms with Crippen LogP contribution in [0.1, 0.15) is 38.5 Å². The molecule has 0 aromatic heterocycles. The first-order valence-corrected chi connectivity index (χ1v) is 5.41. The molecule has 0 aromatic carbocycles. The predicted octanol–water partition coefficient (Wildman–Crippen LogP) is 2.22. The van der Waals surface area contributed by atoms with Crippen LogP contribution in [0, 0.1) is 0 Å². The normalized spacial score (nSPS) is 22.4. The number of alkyl halides is 3. The van der Waals surface area contributed by atoms with E-state index in [9.17, 15) is 18.3 Å². The molecule has 0 bridgehead atoms. The first-order valence-electron chi connectivity index (χ1n) is 5.41. The third-order valence-electron chi connectivity index (χ3n) is 2.81. The molecule has 0 saturated heterocycles. The van der Waals surface area contributed by atoms with E-state index in [0.29, 0.717) is 12.8 Å². The summed E-state index contributed by atoms with van der Waals surface area (Å²) in [5.74, 6) is 0. The Hall–Kier alpha value is -0.290. The van der Waals surface area contributed by atoms with Gasteiger partial charge in [0.15, 0.2) is 0 Å². The van der Waals surface area contributed by atoms with E-state index in [2.05, 4.69) is 5.32 Å². The fourth-order valence-corrected chi connectivity index (χ4v) is 2.00. The summed E-state index contributed by atoms with van der Waals surface area (Å²) in [4.78, 5) is 0. The van der Waals surface area contributed by atoms with Crippen LogP contribution in [0.15, 0.2) is 0 Å². The topological polar surface area (TPSA) is 32.3 Å². The van der Waals surface area contributed by atoms with Crippen molar-refractivity contribution in [3.63, 3.8) is 0 Å². The minimum Gasteiger partial charge on any atom is -0.389 e. The lowest BCUT2D eigenvalue weighted by Crippen LogP contribution is -2.43. The first kappa shape index (κ1) is 12.8. The van der Waals surface area contributed by atoms with E-state index in [1.54, 1.807) is 0 Å². The van der Waals surface area contributed by atoms with Crippen molar-refractivity contribution < 1.29 is 18.3 Å². The molecule has 90 valence electrons. The molecule has 15 heavy (non-hydrogen) atoms. The summed E-state index contributed by atoms with van der Waals surface area (Å²) in [6.07, 6.45) is 0.981. The van der Waals surface area contributed by atoms with Gasteiger partial charge >= 0.3 is 6.18 Å². The third-order valence-corrected chi connectivity index (χ3v) is 2.81. The number of halogens is 3. The molecule has 2 N–H and O–H groups in total. The molecule has 0 aliphatic heterocycles. The number of hydrogen-bond donors (Lipinski definition) is 2. The molecule has 0 atom stereocenters. The standard InChI is InChI=1S/C10H18F3NO/c11-10(12,13)8-14-7-9(15)5-3-1-2-4-6-9/h14-15H,1-8H2. The molecule has 0 aromatic rings. The van der Waals surface area contributed by atoms with E-state index in [-0.39, 0.29) is 6.54 Å². The van der Waals surface area contributed by atoms with E-state index < -0.39 is 18.3 Å². The Labute approximate surface area is 87.9 Å². The molecule has 0 amide bonds. The number of hydrogen-bond acceptors (Lipinski definition) is 2. The Bertz CT molecular complexity index is 186. The van der Waals surface area contributed by atoms with Gasteiger partial charge in [-0.05, 0) is 12.8 Å². The van der Waals surface area contributed by atoms with Crippen LogP contribution in [-0.2, 0) is 0 Å². The van der Waals surface area contributed by atoms with Crippen molar-refractivity contribution in [1.29, 1.82) is 0 Å². The van der Waals surface area contributed by atoms with E-state index in [4.69, 9.17) is 0 Å². The van der Waals surface area contributed by atoms with Crippen LogP contribution >= 0.6 is 0 Å². The van der Waals surface area contributed by atoms with E-state index >= 15 is 0 Å². The van der Waals surface area contributed by atoms with Crippen LogP contribution in [0.25, 0.3) is 0 Å². The average Bonchev–Trinajstić information content (AvgIpc) is 2.28. The van der Waals surface area contributed by atoms with Gasteiger partial charge in [-0.25, -0.2) is 0 Å². The second kappa shape index (κ2) is 5.16. The van der Waals surface area contributed by atoms with Gasteiger partial charge in [-0.15, -0.1) is 0 Å². The summed E-state index contributed by atoms with van der Waals surface area (Å²) in [5.41, 5.74) is -0.929. The molecule has 1 aliphatic carbocycles. The lowest BCUT2D eigenvalue weighted by atomic mass is 9.94. The Kier molecular flexibility index (Phi) is 4.40. The van der Waals surface area contributed by atoms with Crippen molar-refractivity contribution in [1.82, 2.24) is 5.32 Å².